The normalized spacial score (nSPS) is 15.0. The molecule has 0 bridgehead atoms. The number of benzene rings is 1. The fraction of sp³-hybridized carbons (Fsp3) is 0.333. The minimum atomic E-state index is -0.287. The third kappa shape index (κ3) is 1.23. The average Bonchev–Trinajstić information content (AvgIpc) is 2.66. The van der Waals surface area contributed by atoms with E-state index in [1.807, 2.05) is 6.07 Å². The number of hydrogen-bond acceptors (Lipinski definition) is 2. The van der Waals surface area contributed by atoms with Crippen LogP contribution < -0.4 is 0 Å². The van der Waals surface area contributed by atoms with Gasteiger partial charge >= 0.3 is 0 Å². The lowest BCUT2D eigenvalue weighted by Crippen LogP contribution is -2.00. The quantitative estimate of drug-likeness (QED) is 0.588. The molecule has 0 radical (unpaired) electrons. The van der Waals surface area contributed by atoms with E-state index in [2.05, 4.69) is 4.98 Å². The zero-order valence-corrected chi connectivity index (χ0v) is 8.82. The number of nitro benzene ring substituents is 1. The molecule has 0 spiro atoms. The lowest BCUT2D eigenvalue weighted by atomic mass is 9.95. The number of fused-ring (bicyclic) bond motifs is 3. The second-order valence-corrected chi connectivity index (χ2v) is 4.25. The molecule has 0 unspecified atom stereocenters. The minimum Gasteiger partial charge on any atom is -0.358 e. The van der Waals surface area contributed by atoms with Crippen molar-refractivity contribution in [2.75, 3.05) is 0 Å². The van der Waals surface area contributed by atoms with Gasteiger partial charge in [0.2, 0.25) is 0 Å². The molecule has 16 heavy (non-hydrogen) atoms. The van der Waals surface area contributed by atoms with Crippen LogP contribution in [0.3, 0.4) is 0 Å². The monoisotopic (exact) mass is 216 g/mol. The van der Waals surface area contributed by atoms with Gasteiger partial charge in [-0.3, -0.25) is 10.1 Å². The largest absolute Gasteiger partial charge is 0.358 e. The zero-order valence-electron chi connectivity index (χ0n) is 8.82. The standard InChI is InChI=1S/C12H12N2O2/c15-14(16)11-7-3-6-10-12(11)8-4-1-2-5-9(8)13-10/h3,6-7,13H,1-2,4-5H2. The first-order valence-electron chi connectivity index (χ1n) is 5.54. The van der Waals surface area contributed by atoms with Crippen molar-refractivity contribution in [2.45, 2.75) is 25.7 Å². The Kier molecular flexibility index (Phi) is 1.96. The molecular formula is C12H12N2O2. The first kappa shape index (κ1) is 9.39. The fourth-order valence-corrected chi connectivity index (χ4v) is 2.60. The van der Waals surface area contributed by atoms with Gasteiger partial charge < -0.3 is 4.98 Å². The van der Waals surface area contributed by atoms with Crippen molar-refractivity contribution in [1.29, 1.82) is 0 Å². The van der Waals surface area contributed by atoms with Crippen LogP contribution in [-0.4, -0.2) is 9.91 Å². The smallest absolute Gasteiger partial charge is 0.279 e. The van der Waals surface area contributed by atoms with Gasteiger partial charge in [-0.2, -0.15) is 0 Å². The molecule has 1 N–H and O–H groups in total. The van der Waals surface area contributed by atoms with E-state index < -0.39 is 0 Å². The number of aryl methyl sites for hydroxylation is 2. The van der Waals surface area contributed by atoms with Gasteiger partial charge in [0, 0.05) is 11.8 Å². The second-order valence-electron chi connectivity index (χ2n) is 4.25. The number of rotatable bonds is 1. The average molecular weight is 216 g/mol. The van der Waals surface area contributed by atoms with E-state index in [4.69, 9.17) is 0 Å². The highest BCUT2D eigenvalue weighted by atomic mass is 16.6. The van der Waals surface area contributed by atoms with Crippen LogP contribution in [0.25, 0.3) is 10.9 Å². The van der Waals surface area contributed by atoms with Gasteiger partial charge in [-0.1, -0.05) is 6.07 Å². The molecule has 4 heteroatoms. The van der Waals surface area contributed by atoms with Crippen LogP contribution in [0.15, 0.2) is 18.2 Å². The Morgan fingerprint density at radius 3 is 2.88 bits per heavy atom. The summed E-state index contributed by atoms with van der Waals surface area (Å²) < 4.78 is 0. The predicted molar refractivity (Wildman–Crippen MR) is 61.6 cm³/mol. The summed E-state index contributed by atoms with van der Waals surface area (Å²) in [5.74, 6) is 0. The maximum Gasteiger partial charge on any atom is 0.279 e. The van der Waals surface area contributed by atoms with Gasteiger partial charge in [-0.15, -0.1) is 0 Å². The Hall–Kier alpha value is -1.84. The van der Waals surface area contributed by atoms with E-state index in [1.165, 1.54) is 12.1 Å². The molecule has 0 amide bonds. The summed E-state index contributed by atoms with van der Waals surface area (Å²) in [4.78, 5) is 14.0. The first-order chi connectivity index (χ1) is 7.77. The molecule has 1 heterocycles. The summed E-state index contributed by atoms with van der Waals surface area (Å²) >= 11 is 0. The Morgan fingerprint density at radius 1 is 1.25 bits per heavy atom. The highest BCUT2D eigenvalue weighted by molar-refractivity contribution is 5.93. The van der Waals surface area contributed by atoms with E-state index in [9.17, 15) is 10.1 Å². The SMILES string of the molecule is O=[N+]([O-])c1cccc2[nH]c3c(c12)CCCC3. The maximum atomic E-state index is 11.0. The summed E-state index contributed by atoms with van der Waals surface area (Å²) in [5, 5.41) is 11.8. The summed E-state index contributed by atoms with van der Waals surface area (Å²) in [6, 6.07) is 5.24. The number of aromatic nitrogens is 1. The van der Waals surface area contributed by atoms with E-state index >= 15 is 0 Å². The molecule has 0 atom stereocenters. The number of nitrogens with zero attached hydrogens (tertiary/aromatic N) is 1. The van der Waals surface area contributed by atoms with Gasteiger partial charge in [-0.25, -0.2) is 0 Å². The Morgan fingerprint density at radius 2 is 2.06 bits per heavy atom. The van der Waals surface area contributed by atoms with Crippen molar-refractivity contribution in [3.8, 4) is 0 Å². The third-order valence-corrected chi connectivity index (χ3v) is 3.29. The van der Waals surface area contributed by atoms with Gasteiger partial charge in [-0.05, 0) is 37.3 Å². The van der Waals surface area contributed by atoms with E-state index in [0.717, 1.165) is 35.7 Å². The molecule has 1 aliphatic carbocycles. The molecule has 3 rings (SSSR count). The molecule has 82 valence electrons. The molecule has 1 aromatic carbocycles. The zero-order chi connectivity index (χ0) is 11.1. The van der Waals surface area contributed by atoms with Gasteiger partial charge in [0.1, 0.15) is 0 Å². The number of nitro groups is 1. The molecule has 0 saturated carbocycles. The number of H-pyrrole nitrogens is 1. The minimum absolute atomic E-state index is 0.233. The van der Waals surface area contributed by atoms with E-state index in [-0.39, 0.29) is 10.6 Å². The summed E-state index contributed by atoms with van der Waals surface area (Å²) in [6.45, 7) is 0. The summed E-state index contributed by atoms with van der Waals surface area (Å²) in [6.07, 6.45) is 4.28. The van der Waals surface area contributed by atoms with Gasteiger partial charge in [0.05, 0.1) is 15.8 Å². The lowest BCUT2D eigenvalue weighted by molar-refractivity contribution is -0.383. The summed E-state index contributed by atoms with van der Waals surface area (Å²) in [5.41, 5.74) is 3.49. The topological polar surface area (TPSA) is 58.9 Å². The van der Waals surface area contributed by atoms with Crippen molar-refractivity contribution in [3.05, 3.63) is 39.6 Å². The molecule has 0 saturated heterocycles. The maximum absolute atomic E-state index is 11.0. The highest BCUT2D eigenvalue weighted by Crippen LogP contribution is 2.34. The second kappa shape index (κ2) is 3.33. The number of nitrogens with one attached hydrogen (secondary N) is 1. The van der Waals surface area contributed by atoms with Crippen LogP contribution in [0, 0.1) is 10.1 Å². The Bertz CT molecular complexity index is 572. The Balaban J connectivity index is 2.36. The van der Waals surface area contributed by atoms with Gasteiger partial charge in [0.15, 0.2) is 0 Å². The molecule has 4 nitrogen and oxygen atoms in total. The molecule has 0 aliphatic heterocycles. The van der Waals surface area contributed by atoms with Crippen LogP contribution in [0.5, 0.6) is 0 Å². The molecular weight excluding hydrogens is 204 g/mol. The third-order valence-electron chi connectivity index (χ3n) is 3.29. The predicted octanol–water partition coefficient (Wildman–Crippen LogP) is 2.95. The van der Waals surface area contributed by atoms with Crippen molar-refractivity contribution in [3.63, 3.8) is 0 Å². The number of hydrogen-bond donors (Lipinski definition) is 1. The fourth-order valence-electron chi connectivity index (χ4n) is 2.60. The van der Waals surface area contributed by atoms with Crippen molar-refractivity contribution in [2.24, 2.45) is 0 Å². The van der Waals surface area contributed by atoms with Crippen LogP contribution in [0.4, 0.5) is 5.69 Å². The first-order valence-corrected chi connectivity index (χ1v) is 5.54. The molecule has 1 aromatic heterocycles. The van der Waals surface area contributed by atoms with Crippen LogP contribution in [-0.2, 0) is 12.8 Å². The van der Waals surface area contributed by atoms with Crippen LogP contribution >= 0.6 is 0 Å². The lowest BCUT2D eigenvalue weighted by Gasteiger charge is -2.10. The summed E-state index contributed by atoms with van der Waals surface area (Å²) in [7, 11) is 0. The van der Waals surface area contributed by atoms with Gasteiger partial charge in [0.25, 0.3) is 5.69 Å². The molecule has 0 fully saturated rings. The number of non-ortho nitro benzene ring substituents is 1. The van der Waals surface area contributed by atoms with Crippen molar-refractivity contribution < 1.29 is 4.92 Å². The number of aromatic amines is 1. The highest BCUT2D eigenvalue weighted by Gasteiger charge is 2.21. The van der Waals surface area contributed by atoms with Crippen molar-refractivity contribution in [1.82, 2.24) is 4.98 Å². The van der Waals surface area contributed by atoms with E-state index in [1.54, 1.807) is 12.1 Å². The van der Waals surface area contributed by atoms with Crippen molar-refractivity contribution >= 4 is 16.6 Å². The molecule has 2 aromatic rings. The van der Waals surface area contributed by atoms with Crippen LogP contribution in [0.2, 0.25) is 0 Å². The Labute approximate surface area is 92.4 Å². The van der Waals surface area contributed by atoms with E-state index in [0.29, 0.717) is 0 Å². The molecule has 1 aliphatic rings. The van der Waals surface area contributed by atoms with Crippen LogP contribution in [0.1, 0.15) is 24.1 Å².